The Morgan fingerprint density at radius 3 is 3.27 bits per heavy atom. The number of rotatable bonds is 1. The third-order valence-corrected chi connectivity index (χ3v) is 1.91. The minimum absolute atomic E-state index is 0.378. The fourth-order valence-electron chi connectivity index (χ4n) is 0.899. The fourth-order valence-corrected chi connectivity index (χ4v) is 1.09. The third kappa shape index (κ3) is 2.82. The van der Waals surface area contributed by atoms with Gasteiger partial charge in [-0.3, -0.25) is 0 Å². The molecule has 1 unspecified atom stereocenters. The molecule has 0 N–H and O–H groups in total. The second kappa shape index (κ2) is 4.26. The normalized spacial score (nSPS) is 27.5. The molecular formula is C10H11Cl. The first kappa shape index (κ1) is 8.43. The average molecular weight is 167 g/mol. The van der Waals surface area contributed by atoms with E-state index in [1.807, 2.05) is 6.08 Å². The zero-order valence-electron chi connectivity index (χ0n) is 6.60. The maximum absolute atomic E-state index is 5.67. The van der Waals surface area contributed by atoms with Crippen molar-refractivity contribution in [2.45, 2.75) is 13.3 Å². The summed E-state index contributed by atoms with van der Waals surface area (Å²) in [5.41, 5.74) is 1.20. The van der Waals surface area contributed by atoms with Crippen LogP contribution in [0.1, 0.15) is 13.3 Å². The van der Waals surface area contributed by atoms with E-state index in [9.17, 15) is 0 Å². The molecule has 0 aromatic rings. The van der Waals surface area contributed by atoms with Gasteiger partial charge in [-0.1, -0.05) is 24.0 Å². The molecule has 1 heteroatoms. The van der Waals surface area contributed by atoms with Gasteiger partial charge in [-0.25, -0.2) is 0 Å². The van der Waals surface area contributed by atoms with Crippen molar-refractivity contribution in [2.75, 3.05) is 5.88 Å². The zero-order valence-corrected chi connectivity index (χ0v) is 7.36. The van der Waals surface area contributed by atoms with Gasteiger partial charge < -0.3 is 0 Å². The number of hydrogen-bond donors (Lipinski definition) is 0. The van der Waals surface area contributed by atoms with Crippen molar-refractivity contribution in [1.29, 1.82) is 0 Å². The lowest BCUT2D eigenvalue weighted by molar-refractivity contribution is 0.966. The monoisotopic (exact) mass is 166 g/mol. The lowest BCUT2D eigenvalue weighted by atomic mass is 10.1. The number of halogens is 1. The Morgan fingerprint density at radius 1 is 1.73 bits per heavy atom. The molecule has 0 aromatic carbocycles. The first-order valence-electron chi connectivity index (χ1n) is 3.74. The van der Waals surface area contributed by atoms with Crippen molar-refractivity contribution in [3.63, 3.8) is 0 Å². The average Bonchev–Trinajstić information content (AvgIpc) is 1.96. The van der Waals surface area contributed by atoms with Gasteiger partial charge in [0.25, 0.3) is 0 Å². The van der Waals surface area contributed by atoms with E-state index in [2.05, 4.69) is 30.9 Å². The Balaban J connectivity index is 2.74. The molecular weight excluding hydrogens is 156 g/mol. The minimum atomic E-state index is 0.378. The second-order valence-corrected chi connectivity index (χ2v) is 2.91. The first-order chi connectivity index (χ1) is 5.33. The van der Waals surface area contributed by atoms with Gasteiger partial charge in [0, 0.05) is 11.8 Å². The summed E-state index contributed by atoms with van der Waals surface area (Å²) in [6.45, 7) is 2.09. The van der Waals surface area contributed by atoms with Crippen molar-refractivity contribution in [3.8, 4) is 11.8 Å². The molecule has 11 heavy (non-hydrogen) atoms. The molecule has 0 nitrogen and oxygen atoms in total. The maximum Gasteiger partial charge on any atom is 0.0445 e. The van der Waals surface area contributed by atoms with E-state index < -0.39 is 0 Å². The van der Waals surface area contributed by atoms with Crippen molar-refractivity contribution in [2.24, 2.45) is 5.92 Å². The fraction of sp³-hybridized carbons (Fsp3) is 0.400. The molecule has 1 atom stereocenters. The lowest BCUT2D eigenvalue weighted by Gasteiger charge is -2.00. The highest BCUT2D eigenvalue weighted by Crippen LogP contribution is 2.08. The van der Waals surface area contributed by atoms with E-state index in [4.69, 9.17) is 11.6 Å². The van der Waals surface area contributed by atoms with E-state index in [1.165, 1.54) is 5.57 Å². The van der Waals surface area contributed by atoms with Gasteiger partial charge in [0.1, 0.15) is 0 Å². The van der Waals surface area contributed by atoms with Crippen molar-refractivity contribution in [1.82, 2.24) is 0 Å². The first-order valence-corrected chi connectivity index (χ1v) is 4.28. The van der Waals surface area contributed by atoms with Crippen LogP contribution >= 0.6 is 11.6 Å². The SMILES string of the molecule is CC1C#C/C=C(/CCl)CC=C1. The Bertz CT molecular complexity index is 237. The molecule has 1 aliphatic rings. The van der Waals surface area contributed by atoms with Crippen LogP contribution < -0.4 is 0 Å². The number of alkyl halides is 1. The summed E-state index contributed by atoms with van der Waals surface area (Å²) in [5.74, 6) is 7.04. The van der Waals surface area contributed by atoms with Crippen LogP contribution in [0.4, 0.5) is 0 Å². The quantitative estimate of drug-likeness (QED) is 0.319. The van der Waals surface area contributed by atoms with Crippen LogP contribution in [0.5, 0.6) is 0 Å². The molecule has 0 saturated heterocycles. The molecule has 0 saturated carbocycles. The molecule has 1 rings (SSSR count). The van der Waals surface area contributed by atoms with Crippen LogP contribution in [0.25, 0.3) is 0 Å². The lowest BCUT2D eigenvalue weighted by Crippen LogP contribution is -1.88. The Morgan fingerprint density at radius 2 is 2.55 bits per heavy atom. The topological polar surface area (TPSA) is 0 Å². The van der Waals surface area contributed by atoms with Gasteiger partial charge in [0.15, 0.2) is 0 Å². The van der Waals surface area contributed by atoms with Crippen LogP contribution in [0, 0.1) is 17.8 Å². The molecule has 1 aliphatic carbocycles. The third-order valence-electron chi connectivity index (χ3n) is 1.56. The minimum Gasteiger partial charge on any atom is -0.122 e. The highest BCUT2D eigenvalue weighted by molar-refractivity contribution is 6.19. The van der Waals surface area contributed by atoms with E-state index in [1.54, 1.807) is 0 Å². The molecule has 58 valence electrons. The van der Waals surface area contributed by atoms with Crippen molar-refractivity contribution >= 4 is 11.6 Å². The smallest absolute Gasteiger partial charge is 0.0445 e. The van der Waals surface area contributed by atoms with Gasteiger partial charge in [0.05, 0.1) is 0 Å². The predicted octanol–water partition coefficient (Wildman–Crippen LogP) is 2.75. The van der Waals surface area contributed by atoms with E-state index in [-0.39, 0.29) is 0 Å². The zero-order chi connectivity index (χ0) is 8.10. The van der Waals surface area contributed by atoms with Gasteiger partial charge >= 0.3 is 0 Å². The van der Waals surface area contributed by atoms with Crippen LogP contribution in [0.2, 0.25) is 0 Å². The maximum atomic E-state index is 5.67. The highest BCUT2D eigenvalue weighted by atomic mass is 35.5. The van der Waals surface area contributed by atoms with E-state index in [0.29, 0.717) is 11.8 Å². The summed E-state index contributed by atoms with van der Waals surface area (Å²) in [4.78, 5) is 0. The standard InChI is InChI=1S/C10H11Cl/c1-9-4-2-6-10(8-11)7-3-5-9/h2,4,7,9H,6,8H2,1H3/b4-2?,10-7+. The summed E-state index contributed by atoms with van der Waals surface area (Å²) in [5, 5.41) is 0. The van der Waals surface area contributed by atoms with E-state index >= 15 is 0 Å². The van der Waals surface area contributed by atoms with Crippen LogP contribution in [0.3, 0.4) is 0 Å². The summed E-state index contributed by atoms with van der Waals surface area (Å²) < 4.78 is 0. The molecule has 0 bridgehead atoms. The summed E-state index contributed by atoms with van der Waals surface area (Å²) in [6, 6.07) is 0. The number of hydrogen-bond acceptors (Lipinski definition) is 0. The van der Waals surface area contributed by atoms with Gasteiger partial charge in [0.2, 0.25) is 0 Å². The molecule has 0 radical (unpaired) electrons. The predicted molar refractivity (Wildman–Crippen MR) is 49.5 cm³/mol. The summed E-state index contributed by atoms with van der Waals surface area (Å²) in [7, 11) is 0. The largest absolute Gasteiger partial charge is 0.122 e. The Hall–Kier alpha value is -0.670. The molecule has 0 aliphatic heterocycles. The second-order valence-electron chi connectivity index (χ2n) is 2.65. The molecule has 0 aromatic heterocycles. The summed E-state index contributed by atoms with van der Waals surface area (Å²) >= 11 is 5.67. The Kier molecular flexibility index (Phi) is 3.26. The van der Waals surface area contributed by atoms with Crippen LogP contribution in [-0.4, -0.2) is 5.88 Å². The van der Waals surface area contributed by atoms with Gasteiger partial charge in [-0.2, -0.15) is 0 Å². The van der Waals surface area contributed by atoms with Gasteiger partial charge in [-0.05, 0) is 25.0 Å². The Labute approximate surface area is 72.9 Å². The highest BCUT2D eigenvalue weighted by Gasteiger charge is 1.95. The summed E-state index contributed by atoms with van der Waals surface area (Å²) in [6.07, 6.45) is 7.12. The van der Waals surface area contributed by atoms with Crippen molar-refractivity contribution in [3.05, 3.63) is 23.8 Å². The number of allylic oxidation sites excluding steroid dienone is 4. The molecule has 0 heterocycles. The van der Waals surface area contributed by atoms with Crippen LogP contribution in [0.15, 0.2) is 23.8 Å². The molecule has 0 spiro atoms. The molecule has 0 amide bonds. The molecule has 0 fully saturated rings. The van der Waals surface area contributed by atoms with E-state index in [0.717, 1.165) is 6.42 Å². The van der Waals surface area contributed by atoms with Crippen molar-refractivity contribution < 1.29 is 0 Å². The van der Waals surface area contributed by atoms with Crippen LogP contribution in [-0.2, 0) is 0 Å². The van der Waals surface area contributed by atoms with Gasteiger partial charge in [-0.15, -0.1) is 11.6 Å².